The monoisotopic (exact) mass is 411 g/mol. The lowest BCUT2D eigenvalue weighted by Crippen LogP contribution is -2.33. The van der Waals surface area contributed by atoms with Gasteiger partial charge >= 0.3 is 6.18 Å². The second-order valence-electron chi connectivity index (χ2n) is 6.38. The van der Waals surface area contributed by atoms with Crippen molar-refractivity contribution in [1.29, 1.82) is 0 Å². The summed E-state index contributed by atoms with van der Waals surface area (Å²) in [6.07, 6.45) is -3.77. The van der Waals surface area contributed by atoms with Crippen LogP contribution < -0.4 is 16.0 Å². The smallest absolute Gasteiger partial charge is 0.376 e. The van der Waals surface area contributed by atoms with Crippen LogP contribution in [0.15, 0.2) is 36.4 Å². The lowest BCUT2D eigenvalue weighted by atomic mass is 10.1. The molecule has 0 spiro atoms. The third-order valence-electron chi connectivity index (χ3n) is 4.11. The van der Waals surface area contributed by atoms with Crippen molar-refractivity contribution in [3.63, 3.8) is 0 Å². The van der Waals surface area contributed by atoms with Crippen LogP contribution in [0.3, 0.4) is 0 Å². The number of alkyl halides is 3. The number of nitrogens with one attached hydrogen (secondary N) is 3. The summed E-state index contributed by atoms with van der Waals surface area (Å²) in [5.41, 5.74) is 1.65. The number of carbonyl (C=O) groups is 2. The Kier molecular flexibility index (Phi) is 7.19. The molecule has 0 unspecified atom stereocenters. The molecule has 2 amide bonds. The summed E-state index contributed by atoms with van der Waals surface area (Å²) in [5, 5.41) is 7.09. The summed E-state index contributed by atoms with van der Waals surface area (Å²) in [5.74, 6) is -2.24. The zero-order chi connectivity index (χ0) is 21.6. The van der Waals surface area contributed by atoms with Gasteiger partial charge in [0, 0.05) is 22.5 Å². The number of hydrogen-bond donors (Lipinski definition) is 3. The number of aryl methyl sites for hydroxylation is 1. The highest BCUT2D eigenvalue weighted by molar-refractivity contribution is 5.96. The maximum absolute atomic E-state index is 14.1. The molecule has 0 atom stereocenters. The number of amides is 2. The highest BCUT2D eigenvalue weighted by Gasteiger charge is 2.28. The average Bonchev–Trinajstić information content (AvgIpc) is 2.66. The van der Waals surface area contributed by atoms with E-state index in [1.54, 1.807) is 11.4 Å². The fourth-order valence-electron chi connectivity index (χ4n) is 2.53. The molecule has 156 valence electrons. The second-order valence-corrected chi connectivity index (χ2v) is 6.38. The molecule has 9 heteroatoms. The number of anilines is 2. The van der Waals surface area contributed by atoms with Gasteiger partial charge < -0.3 is 16.0 Å². The second kappa shape index (κ2) is 9.40. The van der Waals surface area contributed by atoms with E-state index in [2.05, 4.69) is 10.6 Å². The highest BCUT2D eigenvalue weighted by atomic mass is 19.4. The van der Waals surface area contributed by atoms with Crippen LogP contribution in [0.1, 0.15) is 28.4 Å². The van der Waals surface area contributed by atoms with E-state index >= 15 is 0 Å². The molecular formula is C20H21F4N3O2. The van der Waals surface area contributed by atoms with E-state index in [0.717, 1.165) is 18.1 Å². The Balaban J connectivity index is 2.04. The van der Waals surface area contributed by atoms with Crippen molar-refractivity contribution in [2.24, 2.45) is 0 Å². The van der Waals surface area contributed by atoms with Gasteiger partial charge in [-0.05, 0) is 43.2 Å². The molecule has 0 bridgehead atoms. The first-order valence-electron chi connectivity index (χ1n) is 8.87. The summed E-state index contributed by atoms with van der Waals surface area (Å²) in [4.78, 5) is 24.0. The summed E-state index contributed by atoms with van der Waals surface area (Å²) in [7, 11) is 0. The van der Waals surface area contributed by atoms with Crippen molar-refractivity contribution in [2.45, 2.75) is 26.4 Å². The number of carbonyl (C=O) groups excluding carboxylic acids is 2. The first-order chi connectivity index (χ1) is 13.6. The topological polar surface area (TPSA) is 70.2 Å². The minimum Gasteiger partial charge on any atom is -0.376 e. The molecule has 2 aromatic rings. The van der Waals surface area contributed by atoms with Crippen molar-refractivity contribution in [2.75, 3.05) is 23.7 Å². The van der Waals surface area contributed by atoms with E-state index in [4.69, 9.17) is 0 Å². The van der Waals surface area contributed by atoms with Gasteiger partial charge in [-0.15, -0.1) is 0 Å². The van der Waals surface area contributed by atoms with Crippen LogP contribution in [-0.2, 0) is 11.2 Å². The Labute approximate surface area is 165 Å². The average molecular weight is 411 g/mol. The van der Waals surface area contributed by atoms with Crippen LogP contribution in [0.5, 0.6) is 0 Å². The summed E-state index contributed by atoms with van der Waals surface area (Å²) >= 11 is 0. The van der Waals surface area contributed by atoms with Crippen molar-refractivity contribution in [3.8, 4) is 0 Å². The molecule has 0 aliphatic carbocycles. The van der Waals surface area contributed by atoms with Crippen LogP contribution in [0.2, 0.25) is 0 Å². The molecule has 2 rings (SSSR count). The van der Waals surface area contributed by atoms with Crippen molar-refractivity contribution >= 4 is 23.2 Å². The Morgan fingerprint density at radius 2 is 1.83 bits per heavy atom. The maximum Gasteiger partial charge on any atom is 0.405 e. The molecule has 0 aliphatic rings. The van der Waals surface area contributed by atoms with Crippen LogP contribution in [0, 0.1) is 12.7 Å². The van der Waals surface area contributed by atoms with Gasteiger partial charge in [0.25, 0.3) is 5.91 Å². The van der Waals surface area contributed by atoms with Gasteiger partial charge in [0.1, 0.15) is 12.4 Å². The van der Waals surface area contributed by atoms with Gasteiger partial charge in [0.15, 0.2) is 0 Å². The van der Waals surface area contributed by atoms with Gasteiger partial charge in [-0.1, -0.05) is 19.1 Å². The Bertz CT molecular complexity index is 898. The molecular weight excluding hydrogens is 390 g/mol. The minimum absolute atomic E-state index is 0.137. The van der Waals surface area contributed by atoms with Crippen LogP contribution >= 0.6 is 0 Å². The summed E-state index contributed by atoms with van der Waals surface area (Å²) in [6, 6.07) is 9.35. The van der Waals surface area contributed by atoms with Crippen LogP contribution in [0.4, 0.5) is 28.9 Å². The van der Waals surface area contributed by atoms with E-state index in [9.17, 15) is 27.2 Å². The molecule has 0 aliphatic heterocycles. The predicted octanol–water partition coefficient (Wildman–Crippen LogP) is 4.04. The van der Waals surface area contributed by atoms with Crippen LogP contribution in [0.25, 0.3) is 0 Å². The SMILES string of the molecule is CCc1cccc(NC(=O)CNc2cc(C(=O)NCC(F)(F)F)cc(F)c2C)c1. The van der Waals surface area contributed by atoms with E-state index in [0.29, 0.717) is 5.69 Å². The summed E-state index contributed by atoms with van der Waals surface area (Å²) < 4.78 is 50.8. The van der Waals surface area contributed by atoms with Gasteiger partial charge in [-0.3, -0.25) is 9.59 Å². The van der Waals surface area contributed by atoms with E-state index in [1.165, 1.54) is 13.0 Å². The Hall–Kier alpha value is -3.10. The lowest BCUT2D eigenvalue weighted by Gasteiger charge is -2.14. The normalized spacial score (nSPS) is 11.1. The first kappa shape index (κ1) is 22.2. The predicted molar refractivity (Wildman–Crippen MR) is 102 cm³/mol. The molecule has 0 fully saturated rings. The zero-order valence-electron chi connectivity index (χ0n) is 15.9. The zero-order valence-corrected chi connectivity index (χ0v) is 15.9. The number of rotatable bonds is 7. The molecule has 0 aromatic heterocycles. The molecule has 0 radical (unpaired) electrons. The molecule has 3 N–H and O–H groups in total. The number of hydrogen-bond acceptors (Lipinski definition) is 3. The summed E-state index contributed by atoms with van der Waals surface area (Å²) in [6.45, 7) is 1.67. The van der Waals surface area contributed by atoms with Gasteiger partial charge in [-0.2, -0.15) is 13.2 Å². The fourth-order valence-corrected chi connectivity index (χ4v) is 2.53. The van der Waals surface area contributed by atoms with Gasteiger partial charge in [-0.25, -0.2) is 4.39 Å². The largest absolute Gasteiger partial charge is 0.405 e. The van der Waals surface area contributed by atoms with Crippen LogP contribution in [-0.4, -0.2) is 31.1 Å². The van der Waals surface area contributed by atoms with Crippen molar-refractivity contribution in [3.05, 3.63) is 58.9 Å². The number of halogens is 4. The van der Waals surface area contributed by atoms with E-state index in [1.807, 2.05) is 25.1 Å². The third-order valence-corrected chi connectivity index (χ3v) is 4.11. The highest BCUT2D eigenvalue weighted by Crippen LogP contribution is 2.21. The Morgan fingerprint density at radius 3 is 2.48 bits per heavy atom. The molecule has 5 nitrogen and oxygen atoms in total. The lowest BCUT2D eigenvalue weighted by molar-refractivity contribution is -0.123. The first-order valence-corrected chi connectivity index (χ1v) is 8.87. The number of benzene rings is 2. The van der Waals surface area contributed by atoms with Gasteiger partial charge in [0.05, 0.1) is 6.54 Å². The fraction of sp³-hybridized carbons (Fsp3) is 0.300. The minimum atomic E-state index is -4.58. The molecule has 0 saturated heterocycles. The molecule has 0 heterocycles. The Morgan fingerprint density at radius 1 is 1.10 bits per heavy atom. The standard InChI is InChI=1S/C20H21F4N3O2/c1-3-13-5-4-6-15(7-13)27-18(28)10-25-17-9-14(8-16(21)12(17)2)19(29)26-11-20(22,23)24/h4-9,25H,3,10-11H2,1-2H3,(H,26,29)(H,27,28). The molecule has 0 saturated carbocycles. The van der Waals surface area contributed by atoms with E-state index in [-0.39, 0.29) is 23.4 Å². The van der Waals surface area contributed by atoms with Crippen molar-refractivity contribution < 1.29 is 27.2 Å². The quantitative estimate of drug-likeness (QED) is 0.603. The molecule has 2 aromatic carbocycles. The maximum atomic E-state index is 14.1. The third kappa shape index (κ3) is 6.78. The van der Waals surface area contributed by atoms with Crippen molar-refractivity contribution in [1.82, 2.24) is 5.32 Å². The van der Waals surface area contributed by atoms with E-state index < -0.39 is 30.4 Å². The van der Waals surface area contributed by atoms with Gasteiger partial charge in [0.2, 0.25) is 5.91 Å². The molecule has 29 heavy (non-hydrogen) atoms.